The van der Waals surface area contributed by atoms with Gasteiger partial charge in [0.1, 0.15) is 11.4 Å². The van der Waals surface area contributed by atoms with Crippen molar-refractivity contribution in [2.45, 2.75) is 33.1 Å². The summed E-state index contributed by atoms with van der Waals surface area (Å²) in [5, 5.41) is 6.71. The molecule has 6 heteroatoms. The van der Waals surface area contributed by atoms with Crippen molar-refractivity contribution >= 4 is 28.9 Å². The lowest BCUT2D eigenvalue weighted by Gasteiger charge is -2.12. The minimum atomic E-state index is -0.294. The van der Waals surface area contributed by atoms with E-state index in [2.05, 4.69) is 22.5 Å². The predicted molar refractivity (Wildman–Crippen MR) is 103 cm³/mol. The summed E-state index contributed by atoms with van der Waals surface area (Å²) in [6.07, 6.45) is 5.18. The Hall–Kier alpha value is -2.27. The molecule has 0 aliphatic heterocycles. The maximum absolute atomic E-state index is 12.4. The zero-order valence-corrected chi connectivity index (χ0v) is 15.6. The van der Waals surface area contributed by atoms with E-state index in [4.69, 9.17) is 16.3 Å². The van der Waals surface area contributed by atoms with Gasteiger partial charge in [-0.25, -0.2) is 4.98 Å². The second-order valence-electron chi connectivity index (χ2n) is 5.82. The summed E-state index contributed by atoms with van der Waals surface area (Å²) < 4.78 is 5.27. The summed E-state index contributed by atoms with van der Waals surface area (Å²) in [7, 11) is 1.54. The van der Waals surface area contributed by atoms with Crippen LogP contribution in [0.2, 0.25) is 5.02 Å². The maximum Gasteiger partial charge on any atom is 0.274 e. The number of anilines is 2. The predicted octanol–water partition coefficient (Wildman–Crippen LogP) is 4.91. The first-order valence-electron chi connectivity index (χ1n) is 8.40. The summed E-state index contributed by atoms with van der Waals surface area (Å²) in [6, 6.07) is 7.02. The number of pyridine rings is 1. The van der Waals surface area contributed by atoms with E-state index in [0.717, 1.165) is 24.2 Å². The smallest absolute Gasteiger partial charge is 0.274 e. The third-order valence-electron chi connectivity index (χ3n) is 3.83. The van der Waals surface area contributed by atoms with E-state index in [-0.39, 0.29) is 5.91 Å². The van der Waals surface area contributed by atoms with Gasteiger partial charge in [-0.15, -0.1) is 0 Å². The van der Waals surface area contributed by atoms with Gasteiger partial charge in [0, 0.05) is 17.6 Å². The van der Waals surface area contributed by atoms with E-state index in [1.165, 1.54) is 20.0 Å². The number of carbonyl (C=O) groups excluding carboxylic acids is 1. The fourth-order valence-electron chi connectivity index (χ4n) is 2.36. The fraction of sp³-hybridized carbons (Fsp3) is 0.368. The van der Waals surface area contributed by atoms with Crippen molar-refractivity contribution in [1.82, 2.24) is 4.98 Å². The van der Waals surface area contributed by atoms with Crippen LogP contribution in [-0.2, 0) is 0 Å². The number of ether oxygens (including phenoxy) is 1. The van der Waals surface area contributed by atoms with E-state index in [9.17, 15) is 4.79 Å². The molecule has 1 aromatic carbocycles. The third-order valence-corrected chi connectivity index (χ3v) is 4.24. The number of nitrogens with zero attached hydrogens (tertiary/aromatic N) is 1. The molecule has 1 heterocycles. The van der Waals surface area contributed by atoms with E-state index < -0.39 is 0 Å². The van der Waals surface area contributed by atoms with Crippen LogP contribution in [0.1, 0.15) is 42.2 Å². The number of aryl methyl sites for hydroxylation is 1. The highest BCUT2D eigenvalue weighted by Crippen LogP contribution is 2.31. The molecular formula is C19H24ClN3O2. The highest BCUT2D eigenvalue weighted by molar-refractivity contribution is 6.31. The van der Waals surface area contributed by atoms with Gasteiger partial charge in [0.25, 0.3) is 5.91 Å². The van der Waals surface area contributed by atoms with Crippen LogP contribution in [0.15, 0.2) is 30.5 Å². The molecule has 5 nitrogen and oxygen atoms in total. The van der Waals surface area contributed by atoms with Crippen LogP contribution < -0.4 is 15.4 Å². The molecule has 134 valence electrons. The van der Waals surface area contributed by atoms with E-state index >= 15 is 0 Å². The van der Waals surface area contributed by atoms with Crippen LogP contribution in [0.5, 0.6) is 5.75 Å². The minimum Gasteiger partial charge on any atom is -0.495 e. The van der Waals surface area contributed by atoms with Crippen LogP contribution in [0, 0.1) is 6.92 Å². The molecule has 0 spiro atoms. The van der Waals surface area contributed by atoms with Crippen molar-refractivity contribution in [1.29, 1.82) is 0 Å². The van der Waals surface area contributed by atoms with Crippen molar-refractivity contribution in [3.8, 4) is 5.75 Å². The number of rotatable bonds is 8. The van der Waals surface area contributed by atoms with Crippen LogP contribution in [0.25, 0.3) is 0 Å². The Labute approximate surface area is 153 Å². The number of nitrogens with one attached hydrogen (secondary N) is 2. The molecule has 0 bridgehead atoms. The lowest BCUT2D eigenvalue weighted by molar-refractivity contribution is 0.102. The monoisotopic (exact) mass is 361 g/mol. The van der Waals surface area contributed by atoms with Crippen molar-refractivity contribution in [2.24, 2.45) is 0 Å². The van der Waals surface area contributed by atoms with Crippen molar-refractivity contribution in [3.05, 3.63) is 46.7 Å². The van der Waals surface area contributed by atoms with E-state index in [0.29, 0.717) is 22.2 Å². The first-order chi connectivity index (χ1) is 12.0. The fourth-order valence-corrected chi connectivity index (χ4v) is 2.51. The molecule has 2 N–H and O–H groups in total. The number of benzene rings is 1. The SMILES string of the molecule is CCCCCNc1ccc(C(=O)Nc2cc(C)c(Cl)cc2OC)nc1. The van der Waals surface area contributed by atoms with Crippen molar-refractivity contribution in [2.75, 3.05) is 24.3 Å². The van der Waals surface area contributed by atoms with Crippen LogP contribution >= 0.6 is 11.6 Å². The highest BCUT2D eigenvalue weighted by Gasteiger charge is 2.13. The number of halogens is 1. The molecule has 2 aromatic rings. The first-order valence-corrected chi connectivity index (χ1v) is 8.78. The van der Waals surface area contributed by atoms with E-state index in [1.807, 2.05) is 13.0 Å². The van der Waals surface area contributed by atoms with Gasteiger partial charge in [-0.1, -0.05) is 31.4 Å². The summed E-state index contributed by atoms with van der Waals surface area (Å²) in [4.78, 5) is 16.6. The van der Waals surface area contributed by atoms with Gasteiger partial charge in [-0.05, 0) is 37.1 Å². The van der Waals surface area contributed by atoms with Gasteiger partial charge in [0.05, 0.1) is 24.7 Å². The molecule has 0 radical (unpaired) electrons. The van der Waals surface area contributed by atoms with Crippen LogP contribution in [0.3, 0.4) is 0 Å². The number of hydrogen-bond acceptors (Lipinski definition) is 4. The van der Waals surface area contributed by atoms with Crippen molar-refractivity contribution < 1.29 is 9.53 Å². The summed E-state index contributed by atoms with van der Waals surface area (Å²) >= 11 is 6.08. The Bertz CT molecular complexity index is 717. The normalized spacial score (nSPS) is 10.4. The number of carbonyl (C=O) groups is 1. The second-order valence-corrected chi connectivity index (χ2v) is 6.23. The quantitative estimate of drug-likeness (QED) is 0.656. The molecule has 25 heavy (non-hydrogen) atoms. The molecule has 1 amide bonds. The Balaban J connectivity index is 2.02. The molecule has 1 aromatic heterocycles. The number of aromatic nitrogens is 1. The third kappa shape index (κ3) is 5.36. The topological polar surface area (TPSA) is 63.2 Å². The number of unbranched alkanes of at least 4 members (excludes halogenated alkanes) is 2. The molecule has 0 fully saturated rings. The lowest BCUT2D eigenvalue weighted by Crippen LogP contribution is -2.14. The number of methoxy groups -OCH3 is 1. The summed E-state index contributed by atoms with van der Waals surface area (Å²) in [6.45, 7) is 4.95. The average molecular weight is 362 g/mol. The summed E-state index contributed by atoms with van der Waals surface area (Å²) in [5.41, 5.74) is 2.68. The van der Waals surface area contributed by atoms with Crippen LogP contribution in [-0.4, -0.2) is 24.5 Å². The Morgan fingerprint density at radius 1 is 1.28 bits per heavy atom. The van der Waals surface area contributed by atoms with Gasteiger partial charge < -0.3 is 15.4 Å². The van der Waals surface area contributed by atoms with Gasteiger partial charge >= 0.3 is 0 Å². The molecule has 0 atom stereocenters. The van der Waals surface area contributed by atoms with Crippen LogP contribution in [0.4, 0.5) is 11.4 Å². The van der Waals surface area contributed by atoms with Gasteiger partial charge in [0.15, 0.2) is 0 Å². The van der Waals surface area contributed by atoms with Gasteiger partial charge in [-0.3, -0.25) is 4.79 Å². The molecule has 0 saturated heterocycles. The molecule has 0 unspecified atom stereocenters. The lowest BCUT2D eigenvalue weighted by atomic mass is 10.2. The van der Waals surface area contributed by atoms with Gasteiger partial charge in [-0.2, -0.15) is 0 Å². The second kappa shape index (κ2) is 9.28. The zero-order chi connectivity index (χ0) is 18.2. The standard InChI is InChI=1S/C19H24ClN3O2/c1-4-5-6-9-21-14-7-8-16(22-12-14)19(24)23-17-10-13(2)15(20)11-18(17)25-3/h7-8,10-12,21H,4-6,9H2,1-3H3,(H,23,24). The van der Waals surface area contributed by atoms with Crippen molar-refractivity contribution in [3.63, 3.8) is 0 Å². The Morgan fingerprint density at radius 2 is 2.08 bits per heavy atom. The number of amides is 1. The molecule has 0 saturated carbocycles. The molecular weight excluding hydrogens is 338 g/mol. The largest absolute Gasteiger partial charge is 0.495 e. The average Bonchev–Trinajstić information content (AvgIpc) is 2.62. The molecule has 0 aliphatic rings. The Morgan fingerprint density at radius 3 is 2.72 bits per heavy atom. The number of hydrogen-bond donors (Lipinski definition) is 2. The maximum atomic E-state index is 12.4. The van der Waals surface area contributed by atoms with E-state index in [1.54, 1.807) is 24.4 Å². The molecule has 0 aliphatic carbocycles. The zero-order valence-electron chi connectivity index (χ0n) is 14.9. The Kier molecular flexibility index (Phi) is 7.07. The van der Waals surface area contributed by atoms with Gasteiger partial charge in [0.2, 0.25) is 0 Å². The minimum absolute atomic E-state index is 0.294. The summed E-state index contributed by atoms with van der Waals surface area (Å²) in [5.74, 6) is 0.218. The molecule has 2 rings (SSSR count). The first kappa shape index (κ1) is 19.1. The highest BCUT2D eigenvalue weighted by atomic mass is 35.5.